The molecule has 0 radical (unpaired) electrons. The number of aromatic amines is 1. The smallest absolute Gasteiger partial charge is 0.326 e. The van der Waals surface area contributed by atoms with Gasteiger partial charge in [0.2, 0.25) is 0 Å². The van der Waals surface area contributed by atoms with Crippen LogP contribution in [0.25, 0.3) is 10.9 Å². The number of piperidine rings is 1. The number of hydrogen-bond acceptors (Lipinski definition) is 5. The second-order valence-corrected chi connectivity index (χ2v) is 9.33. The van der Waals surface area contributed by atoms with Crippen LogP contribution in [0.5, 0.6) is 11.5 Å². The molecule has 8 nitrogen and oxygen atoms in total. The zero-order chi connectivity index (χ0) is 25.3. The van der Waals surface area contributed by atoms with E-state index in [1.54, 1.807) is 0 Å². The minimum atomic E-state index is -1.10. The fraction of sp³-hybridized carbons (Fsp3) is 0.429. The van der Waals surface area contributed by atoms with Crippen molar-refractivity contribution < 1.29 is 24.2 Å². The second-order valence-electron chi connectivity index (χ2n) is 9.33. The number of nitrogens with one attached hydrogen (secondary N) is 3. The normalized spacial score (nSPS) is 14.9. The first-order valence-electron chi connectivity index (χ1n) is 12.7. The van der Waals surface area contributed by atoms with E-state index in [9.17, 15) is 14.7 Å². The lowest BCUT2D eigenvalue weighted by Gasteiger charge is -2.22. The minimum Gasteiger partial charge on any atom is -0.494 e. The third-order valence-corrected chi connectivity index (χ3v) is 6.79. The standard InChI is InChI=1S/C28H35N3O5/c1-35-26-22-7-2-3-8-23(22)30-25(26)27(32)31-24(28(33)34)18-20-9-11-21(12-10-20)36-17-5-4-6-19-13-15-29-16-14-19/h2-3,7-12,19,24,29-30H,4-6,13-18H2,1H3,(H,31,32)(H,33,34). The highest BCUT2D eigenvalue weighted by molar-refractivity contribution is 6.04. The van der Waals surface area contributed by atoms with Crippen LogP contribution in [-0.4, -0.2) is 54.8 Å². The van der Waals surface area contributed by atoms with Crippen LogP contribution in [0.2, 0.25) is 0 Å². The van der Waals surface area contributed by atoms with Crippen molar-refractivity contribution in [2.45, 2.75) is 44.6 Å². The Morgan fingerprint density at radius 3 is 2.56 bits per heavy atom. The van der Waals surface area contributed by atoms with Crippen LogP contribution < -0.4 is 20.1 Å². The van der Waals surface area contributed by atoms with Gasteiger partial charge >= 0.3 is 5.97 Å². The molecule has 1 aromatic heterocycles. The summed E-state index contributed by atoms with van der Waals surface area (Å²) < 4.78 is 11.3. The number of fused-ring (bicyclic) bond motifs is 1. The van der Waals surface area contributed by atoms with Crippen molar-refractivity contribution in [3.05, 3.63) is 59.8 Å². The molecule has 1 amide bonds. The van der Waals surface area contributed by atoms with E-state index < -0.39 is 17.9 Å². The molecule has 1 aliphatic rings. The van der Waals surface area contributed by atoms with E-state index in [0.29, 0.717) is 12.4 Å². The lowest BCUT2D eigenvalue weighted by Crippen LogP contribution is -2.42. The van der Waals surface area contributed by atoms with Gasteiger partial charge in [0.05, 0.1) is 13.7 Å². The number of ether oxygens (including phenoxy) is 2. The predicted octanol–water partition coefficient (Wildman–Crippen LogP) is 4.15. The number of H-pyrrole nitrogens is 1. The number of methoxy groups -OCH3 is 1. The molecule has 0 saturated carbocycles. The number of amides is 1. The lowest BCUT2D eigenvalue weighted by molar-refractivity contribution is -0.139. The number of unbranched alkanes of at least 4 members (excludes halogenated alkanes) is 1. The third kappa shape index (κ3) is 6.57. The van der Waals surface area contributed by atoms with Crippen molar-refractivity contribution in [1.82, 2.24) is 15.6 Å². The highest BCUT2D eigenvalue weighted by Gasteiger charge is 2.25. The summed E-state index contributed by atoms with van der Waals surface area (Å²) >= 11 is 0. The van der Waals surface area contributed by atoms with Crippen molar-refractivity contribution in [3.8, 4) is 11.5 Å². The third-order valence-electron chi connectivity index (χ3n) is 6.79. The average molecular weight is 494 g/mol. The Bertz CT molecular complexity index is 1150. The second kappa shape index (κ2) is 12.4. The molecular formula is C28H35N3O5. The van der Waals surface area contributed by atoms with Crippen molar-refractivity contribution in [2.24, 2.45) is 5.92 Å². The van der Waals surface area contributed by atoms with E-state index in [0.717, 1.165) is 47.6 Å². The maximum absolute atomic E-state index is 12.9. The molecule has 2 aromatic carbocycles. The van der Waals surface area contributed by atoms with Gasteiger partial charge in [0.1, 0.15) is 17.5 Å². The molecule has 2 heterocycles. The Hall–Kier alpha value is -3.52. The quantitative estimate of drug-likeness (QED) is 0.282. The molecule has 0 bridgehead atoms. The monoisotopic (exact) mass is 493 g/mol. The van der Waals surface area contributed by atoms with E-state index in [2.05, 4.69) is 15.6 Å². The number of carboxylic acids is 1. The van der Waals surface area contributed by atoms with Crippen LogP contribution in [0.3, 0.4) is 0 Å². The summed E-state index contributed by atoms with van der Waals surface area (Å²) in [4.78, 5) is 27.8. The summed E-state index contributed by atoms with van der Waals surface area (Å²) in [6, 6.07) is 13.7. The number of carboxylic acid groups (broad SMARTS) is 1. The maximum Gasteiger partial charge on any atom is 0.326 e. The van der Waals surface area contributed by atoms with Crippen LogP contribution in [0.4, 0.5) is 0 Å². The van der Waals surface area contributed by atoms with E-state index in [4.69, 9.17) is 9.47 Å². The van der Waals surface area contributed by atoms with Crippen molar-refractivity contribution in [3.63, 3.8) is 0 Å². The van der Waals surface area contributed by atoms with Gasteiger partial charge in [-0.3, -0.25) is 4.79 Å². The molecule has 1 fully saturated rings. The van der Waals surface area contributed by atoms with E-state index in [-0.39, 0.29) is 12.1 Å². The number of hydrogen-bond donors (Lipinski definition) is 4. The molecular weight excluding hydrogens is 458 g/mol. The lowest BCUT2D eigenvalue weighted by atomic mass is 9.93. The summed E-state index contributed by atoms with van der Waals surface area (Å²) in [6.45, 7) is 2.94. The Kier molecular flexibility index (Phi) is 8.84. The molecule has 192 valence electrons. The molecule has 1 atom stereocenters. The first kappa shape index (κ1) is 25.6. The van der Waals surface area contributed by atoms with Crippen LogP contribution in [0, 0.1) is 5.92 Å². The molecule has 36 heavy (non-hydrogen) atoms. The molecule has 1 unspecified atom stereocenters. The summed E-state index contributed by atoms with van der Waals surface area (Å²) in [7, 11) is 1.49. The van der Waals surface area contributed by atoms with Crippen LogP contribution in [-0.2, 0) is 11.2 Å². The molecule has 0 aliphatic carbocycles. The maximum atomic E-state index is 12.9. The number of rotatable bonds is 12. The van der Waals surface area contributed by atoms with Crippen LogP contribution in [0.1, 0.15) is 48.2 Å². The molecule has 3 aromatic rings. The van der Waals surface area contributed by atoms with Gasteiger partial charge in [-0.05, 0) is 74.5 Å². The topological polar surface area (TPSA) is 113 Å². The van der Waals surface area contributed by atoms with Crippen molar-refractivity contribution in [1.29, 1.82) is 0 Å². The zero-order valence-corrected chi connectivity index (χ0v) is 20.7. The molecule has 8 heteroatoms. The van der Waals surface area contributed by atoms with Gasteiger partial charge in [-0.15, -0.1) is 0 Å². The van der Waals surface area contributed by atoms with Crippen molar-refractivity contribution in [2.75, 3.05) is 26.8 Å². The largest absolute Gasteiger partial charge is 0.494 e. The molecule has 4 rings (SSSR count). The average Bonchev–Trinajstić information content (AvgIpc) is 3.28. The molecule has 1 aliphatic heterocycles. The first-order chi connectivity index (χ1) is 17.5. The van der Waals surface area contributed by atoms with E-state index in [1.165, 1.54) is 32.8 Å². The van der Waals surface area contributed by atoms with Crippen LogP contribution in [0.15, 0.2) is 48.5 Å². The number of carbonyl (C=O) groups is 2. The number of para-hydroxylation sites is 1. The summed E-state index contributed by atoms with van der Waals surface area (Å²) in [5.41, 5.74) is 1.74. The summed E-state index contributed by atoms with van der Waals surface area (Å²) in [5.74, 6) is 0.363. The van der Waals surface area contributed by atoms with E-state index >= 15 is 0 Å². The van der Waals surface area contributed by atoms with Crippen LogP contribution >= 0.6 is 0 Å². The zero-order valence-electron chi connectivity index (χ0n) is 20.7. The Morgan fingerprint density at radius 2 is 1.83 bits per heavy atom. The highest BCUT2D eigenvalue weighted by atomic mass is 16.5. The fourth-order valence-electron chi connectivity index (χ4n) is 4.77. The molecule has 4 N–H and O–H groups in total. The summed E-state index contributed by atoms with van der Waals surface area (Å²) in [6.07, 6.45) is 6.15. The number of carbonyl (C=O) groups excluding carboxylic acids is 1. The van der Waals surface area contributed by atoms with Gasteiger partial charge in [0.25, 0.3) is 5.91 Å². The number of benzene rings is 2. The van der Waals surface area contributed by atoms with Crippen molar-refractivity contribution >= 4 is 22.8 Å². The van der Waals surface area contributed by atoms with E-state index in [1.807, 2.05) is 48.5 Å². The summed E-state index contributed by atoms with van der Waals surface area (Å²) in [5, 5.41) is 16.5. The SMILES string of the molecule is COc1c(C(=O)NC(Cc2ccc(OCCCCC3CCNCC3)cc2)C(=O)O)[nH]c2ccccc12. The minimum absolute atomic E-state index is 0.153. The van der Waals surface area contributed by atoms with Gasteiger partial charge in [-0.25, -0.2) is 4.79 Å². The Morgan fingerprint density at radius 1 is 1.08 bits per heavy atom. The Balaban J connectivity index is 1.28. The number of aromatic nitrogens is 1. The first-order valence-corrected chi connectivity index (χ1v) is 12.7. The van der Waals surface area contributed by atoms with Gasteiger partial charge < -0.3 is 30.2 Å². The predicted molar refractivity (Wildman–Crippen MR) is 139 cm³/mol. The highest BCUT2D eigenvalue weighted by Crippen LogP contribution is 2.29. The molecule has 0 spiro atoms. The van der Waals surface area contributed by atoms with Gasteiger partial charge in [0.15, 0.2) is 5.75 Å². The van der Waals surface area contributed by atoms with Gasteiger partial charge in [-0.2, -0.15) is 0 Å². The van der Waals surface area contributed by atoms with Gasteiger partial charge in [0, 0.05) is 17.3 Å². The Labute approximate surface area is 211 Å². The molecule has 1 saturated heterocycles. The fourth-order valence-corrected chi connectivity index (χ4v) is 4.77. The number of aliphatic carboxylic acids is 1. The van der Waals surface area contributed by atoms with Gasteiger partial charge in [-0.1, -0.05) is 30.7 Å².